The second-order valence-electron chi connectivity index (χ2n) is 6.68. The molecule has 148 valence electrons. The zero-order valence-corrected chi connectivity index (χ0v) is 17.3. The second kappa shape index (κ2) is 11.5. The van der Waals surface area contributed by atoms with E-state index in [1.54, 1.807) is 0 Å². The van der Waals surface area contributed by atoms with Gasteiger partial charge in [-0.25, -0.2) is 0 Å². The molecule has 7 heteroatoms. The zero-order chi connectivity index (χ0) is 19.5. The van der Waals surface area contributed by atoms with Crippen molar-refractivity contribution in [3.8, 4) is 0 Å². The number of guanidine groups is 1. The van der Waals surface area contributed by atoms with E-state index in [4.69, 9.17) is 0 Å². The van der Waals surface area contributed by atoms with Crippen molar-refractivity contribution in [2.75, 3.05) is 32.7 Å². The molecule has 0 fully saturated rings. The largest absolute Gasteiger partial charge is 0.357 e. The number of hydrogen-bond donors (Lipinski definition) is 2. The maximum atomic E-state index is 12.1. The minimum Gasteiger partial charge on any atom is -0.357 e. The van der Waals surface area contributed by atoms with E-state index in [0.29, 0.717) is 25.4 Å². The Bertz CT molecular complexity index is 577. The van der Waals surface area contributed by atoms with Crippen LogP contribution in [0.1, 0.15) is 45.5 Å². The number of aryl methyl sites for hydroxylation is 2. The summed E-state index contributed by atoms with van der Waals surface area (Å²) in [5.74, 6) is 1.32. The second-order valence-corrected chi connectivity index (χ2v) is 6.68. The number of amides is 1. The minimum atomic E-state index is 0.177. The number of carbonyl (C=O) groups excluding carboxylic acids is 1. The van der Waals surface area contributed by atoms with Crippen LogP contribution in [-0.4, -0.2) is 59.3 Å². The lowest BCUT2D eigenvalue weighted by molar-refractivity contribution is -0.130. The van der Waals surface area contributed by atoms with Crippen LogP contribution >= 0.6 is 0 Å². The first-order valence-electron chi connectivity index (χ1n) is 9.72. The van der Waals surface area contributed by atoms with Gasteiger partial charge in [0.05, 0.1) is 5.69 Å². The molecule has 1 rings (SSSR count). The van der Waals surface area contributed by atoms with E-state index >= 15 is 0 Å². The average molecular weight is 365 g/mol. The van der Waals surface area contributed by atoms with Gasteiger partial charge in [0.15, 0.2) is 5.96 Å². The fraction of sp³-hybridized carbons (Fsp3) is 0.737. The molecule has 0 spiro atoms. The fourth-order valence-electron chi connectivity index (χ4n) is 2.82. The third kappa shape index (κ3) is 7.45. The lowest BCUT2D eigenvalue weighted by atomic mass is 10.2. The highest BCUT2D eigenvalue weighted by molar-refractivity contribution is 5.81. The molecule has 1 aromatic rings. The van der Waals surface area contributed by atoms with Crippen LogP contribution in [0, 0.1) is 19.8 Å². The van der Waals surface area contributed by atoms with Crippen molar-refractivity contribution < 1.29 is 4.79 Å². The van der Waals surface area contributed by atoms with Gasteiger partial charge in [0.2, 0.25) is 5.91 Å². The summed E-state index contributed by atoms with van der Waals surface area (Å²) >= 11 is 0. The molecule has 1 atom stereocenters. The molecule has 0 aliphatic rings. The Hall–Kier alpha value is -2.05. The number of nitrogens with zero attached hydrogens (tertiary/aromatic N) is 4. The van der Waals surface area contributed by atoms with E-state index in [-0.39, 0.29) is 5.91 Å². The van der Waals surface area contributed by atoms with E-state index in [0.717, 1.165) is 37.8 Å². The third-order valence-electron chi connectivity index (χ3n) is 4.24. The molecule has 0 radical (unpaired) electrons. The highest BCUT2D eigenvalue weighted by Crippen LogP contribution is 2.06. The van der Waals surface area contributed by atoms with E-state index in [1.807, 2.05) is 37.3 Å². The highest BCUT2D eigenvalue weighted by Gasteiger charge is 2.10. The maximum absolute atomic E-state index is 12.1. The minimum absolute atomic E-state index is 0.177. The number of carbonyl (C=O) groups is 1. The molecule has 0 aliphatic carbocycles. The molecule has 7 nitrogen and oxygen atoms in total. The Morgan fingerprint density at radius 3 is 2.50 bits per heavy atom. The van der Waals surface area contributed by atoms with Crippen LogP contribution in [0.5, 0.6) is 0 Å². The van der Waals surface area contributed by atoms with Gasteiger partial charge in [0, 0.05) is 51.4 Å². The fourth-order valence-corrected chi connectivity index (χ4v) is 2.82. The summed E-state index contributed by atoms with van der Waals surface area (Å²) < 4.78 is 2.04. The van der Waals surface area contributed by atoms with Crippen molar-refractivity contribution >= 4 is 11.9 Å². The van der Waals surface area contributed by atoms with Crippen LogP contribution in [0.3, 0.4) is 0 Å². The Labute approximate surface area is 158 Å². The molecular weight excluding hydrogens is 328 g/mol. The summed E-state index contributed by atoms with van der Waals surface area (Å²) in [5, 5.41) is 11.0. The first-order valence-corrected chi connectivity index (χ1v) is 9.72. The zero-order valence-electron chi connectivity index (χ0n) is 17.3. The van der Waals surface area contributed by atoms with Crippen LogP contribution in [0.15, 0.2) is 11.1 Å². The van der Waals surface area contributed by atoms with Crippen molar-refractivity contribution in [2.24, 2.45) is 10.9 Å². The lowest BCUT2D eigenvalue weighted by Crippen LogP contribution is -2.40. The van der Waals surface area contributed by atoms with E-state index in [9.17, 15) is 4.79 Å². The highest BCUT2D eigenvalue weighted by atomic mass is 16.2. The van der Waals surface area contributed by atoms with Gasteiger partial charge in [-0.2, -0.15) is 5.10 Å². The molecule has 1 unspecified atom stereocenters. The predicted molar refractivity (Wildman–Crippen MR) is 107 cm³/mol. The summed E-state index contributed by atoms with van der Waals surface area (Å²) in [5.41, 5.74) is 2.23. The van der Waals surface area contributed by atoms with Gasteiger partial charge in [0.25, 0.3) is 0 Å². The Morgan fingerprint density at radius 2 is 1.96 bits per heavy atom. The number of nitrogens with one attached hydrogen (secondary N) is 2. The SMILES string of the molecule is CCNC(=NCC(C)Cn1nc(C)cc1C)NCCC(=O)N(CC)CC. The summed E-state index contributed by atoms with van der Waals surface area (Å²) in [6, 6.07) is 2.09. The van der Waals surface area contributed by atoms with Crippen LogP contribution in [0.4, 0.5) is 0 Å². The Morgan fingerprint density at radius 1 is 1.27 bits per heavy atom. The molecule has 1 amide bonds. The first kappa shape index (κ1) is 22.0. The Kier molecular flexibility index (Phi) is 9.76. The van der Waals surface area contributed by atoms with Crippen molar-refractivity contribution in [1.29, 1.82) is 0 Å². The van der Waals surface area contributed by atoms with Gasteiger partial charge in [-0.05, 0) is 46.6 Å². The standard InChI is InChI=1S/C19H36N6O/c1-7-20-19(21-11-10-18(26)24(8-2)9-3)22-13-15(4)14-25-17(6)12-16(5)23-25/h12,15H,7-11,13-14H2,1-6H3,(H2,20,21,22). The number of rotatable bonds is 10. The molecule has 26 heavy (non-hydrogen) atoms. The topological polar surface area (TPSA) is 74.5 Å². The quantitative estimate of drug-likeness (QED) is 0.492. The lowest BCUT2D eigenvalue weighted by Gasteiger charge is -2.19. The van der Waals surface area contributed by atoms with E-state index in [2.05, 4.69) is 40.6 Å². The molecule has 2 N–H and O–H groups in total. The number of aromatic nitrogens is 2. The van der Waals surface area contributed by atoms with Gasteiger partial charge in [-0.3, -0.25) is 14.5 Å². The van der Waals surface area contributed by atoms with Crippen molar-refractivity contribution in [1.82, 2.24) is 25.3 Å². The maximum Gasteiger partial charge on any atom is 0.224 e. The monoisotopic (exact) mass is 364 g/mol. The first-order chi connectivity index (χ1) is 12.4. The summed E-state index contributed by atoms with van der Waals surface area (Å²) in [7, 11) is 0. The van der Waals surface area contributed by atoms with E-state index < -0.39 is 0 Å². The number of hydrogen-bond acceptors (Lipinski definition) is 3. The van der Waals surface area contributed by atoms with Crippen LogP contribution in [0.2, 0.25) is 0 Å². The summed E-state index contributed by atoms with van der Waals surface area (Å²) in [4.78, 5) is 18.6. The van der Waals surface area contributed by atoms with Crippen LogP contribution < -0.4 is 10.6 Å². The number of aliphatic imine (C=N–C) groups is 1. The normalized spacial score (nSPS) is 12.8. The van der Waals surface area contributed by atoms with Gasteiger partial charge < -0.3 is 15.5 Å². The molecule has 0 aromatic carbocycles. The smallest absolute Gasteiger partial charge is 0.224 e. The van der Waals surface area contributed by atoms with Crippen molar-refractivity contribution in [2.45, 2.75) is 54.5 Å². The van der Waals surface area contributed by atoms with Crippen molar-refractivity contribution in [3.63, 3.8) is 0 Å². The molecule has 1 heterocycles. The van der Waals surface area contributed by atoms with Gasteiger partial charge >= 0.3 is 0 Å². The third-order valence-corrected chi connectivity index (χ3v) is 4.24. The molecular formula is C19H36N6O. The summed E-state index contributed by atoms with van der Waals surface area (Å²) in [6.45, 7) is 16.8. The molecule has 0 bridgehead atoms. The average Bonchev–Trinajstić information content (AvgIpc) is 2.91. The Balaban J connectivity index is 2.49. The van der Waals surface area contributed by atoms with Crippen LogP contribution in [0.25, 0.3) is 0 Å². The predicted octanol–water partition coefficient (Wildman–Crippen LogP) is 1.95. The summed E-state index contributed by atoms with van der Waals surface area (Å²) in [6.07, 6.45) is 0.480. The van der Waals surface area contributed by atoms with E-state index in [1.165, 1.54) is 5.69 Å². The van der Waals surface area contributed by atoms with Gasteiger partial charge in [-0.15, -0.1) is 0 Å². The molecule has 1 aromatic heterocycles. The van der Waals surface area contributed by atoms with Crippen molar-refractivity contribution in [3.05, 3.63) is 17.5 Å². The van der Waals surface area contributed by atoms with Gasteiger partial charge in [-0.1, -0.05) is 6.92 Å². The van der Waals surface area contributed by atoms with Gasteiger partial charge in [0.1, 0.15) is 0 Å². The molecule has 0 aliphatic heterocycles. The van der Waals surface area contributed by atoms with Crippen LogP contribution in [-0.2, 0) is 11.3 Å². The molecule has 0 saturated carbocycles. The molecule has 0 saturated heterocycles.